The SMILES string of the molecule is Cc1ccc(C(C)C)c(OCCNC(=O)c2cc([N+](=O)[O-])cc([N+](=O)[O-])c2)c1. The van der Waals surface area contributed by atoms with Crippen LogP contribution in [0.15, 0.2) is 36.4 Å². The topological polar surface area (TPSA) is 125 Å². The van der Waals surface area contributed by atoms with E-state index in [4.69, 9.17) is 4.74 Å². The van der Waals surface area contributed by atoms with E-state index >= 15 is 0 Å². The van der Waals surface area contributed by atoms with Crippen molar-refractivity contribution in [3.8, 4) is 5.75 Å². The van der Waals surface area contributed by atoms with Gasteiger partial charge in [0.05, 0.1) is 28.0 Å². The van der Waals surface area contributed by atoms with Crippen LogP contribution < -0.4 is 10.1 Å². The molecule has 28 heavy (non-hydrogen) atoms. The second kappa shape index (κ2) is 8.94. The molecule has 0 radical (unpaired) electrons. The van der Waals surface area contributed by atoms with Gasteiger partial charge in [-0.15, -0.1) is 0 Å². The molecule has 1 amide bonds. The van der Waals surface area contributed by atoms with Crippen LogP contribution in [-0.4, -0.2) is 28.9 Å². The molecule has 0 spiro atoms. The van der Waals surface area contributed by atoms with Crippen molar-refractivity contribution in [1.29, 1.82) is 0 Å². The number of amides is 1. The highest BCUT2D eigenvalue weighted by molar-refractivity contribution is 5.95. The molecule has 2 aromatic carbocycles. The molecule has 0 atom stereocenters. The fourth-order valence-electron chi connectivity index (χ4n) is 2.61. The highest BCUT2D eigenvalue weighted by Crippen LogP contribution is 2.27. The summed E-state index contributed by atoms with van der Waals surface area (Å²) < 4.78 is 5.76. The van der Waals surface area contributed by atoms with Gasteiger partial charge in [0, 0.05) is 12.1 Å². The highest BCUT2D eigenvalue weighted by Gasteiger charge is 2.19. The summed E-state index contributed by atoms with van der Waals surface area (Å²) in [5.74, 6) is 0.356. The van der Waals surface area contributed by atoms with E-state index in [9.17, 15) is 25.0 Å². The minimum Gasteiger partial charge on any atom is -0.491 e. The first kappa shape index (κ1) is 20.8. The summed E-state index contributed by atoms with van der Waals surface area (Å²) in [5.41, 5.74) is 0.909. The predicted molar refractivity (Wildman–Crippen MR) is 103 cm³/mol. The third-order valence-electron chi connectivity index (χ3n) is 4.02. The van der Waals surface area contributed by atoms with Gasteiger partial charge in [-0.2, -0.15) is 0 Å². The van der Waals surface area contributed by atoms with Gasteiger partial charge in [0.1, 0.15) is 12.4 Å². The van der Waals surface area contributed by atoms with Crippen LogP contribution in [0.1, 0.15) is 41.3 Å². The summed E-state index contributed by atoms with van der Waals surface area (Å²) >= 11 is 0. The molecule has 1 N–H and O–H groups in total. The zero-order chi connectivity index (χ0) is 20.8. The van der Waals surface area contributed by atoms with Gasteiger partial charge in [0.25, 0.3) is 17.3 Å². The first-order valence-electron chi connectivity index (χ1n) is 8.64. The molecule has 2 aromatic rings. The van der Waals surface area contributed by atoms with Crippen LogP contribution in [0.4, 0.5) is 11.4 Å². The molecule has 0 unspecified atom stereocenters. The van der Waals surface area contributed by atoms with Crippen LogP contribution >= 0.6 is 0 Å². The smallest absolute Gasteiger partial charge is 0.277 e. The Balaban J connectivity index is 2.03. The van der Waals surface area contributed by atoms with Crippen molar-refractivity contribution in [2.45, 2.75) is 26.7 Å². The van der Waals surface area contributed by atoms with Crippen LogP contribution in [0.2, 0.25) is 0 Å². The van der Waals surface area contributed by atoms with Crippen molar-refractivity contribution in [2.24, 2.45) is 0 Å². The first-order valence-corrected chi connectivity index (χ1v) is 8.64. The van der Waals surface area contributed by atoms with Gasteiger partial charge in [-0.1, -0.05) is 26.0 Å². The maximum absolute atomic E-state index is 12.2. The predicted octanol–water partition coefficient (Wildman–Crippen LogP) is 3.74. The summed E-state index contributed by atoms with van der Waals surface area (Å²) in [4.78, 5) is 32.5. The highest BCUT2D eigenvalue weighted by atomic mass is 16.6. The zero-order valence-corrected chi connectivity index (χ0v) is 15.8. The number of nitrogens with zero attached hydrogens (tertiary/aromatic N) is 2. The Kier molecular flexibility index (Phi) is 6.64. The second-order valence-corrected chi connectivity index (χ2v) is 6.55. The van der Waals surface area contributed by atoms with E-state index in [1.54, 1.807) is 0 Å². The molecule has 0 aliphatic heterocycles. The number of ether oxygens (including phenoxy) is 1. The maximum atomic E-state index is 12.2. The third-order valence-corrected chi connectivity index (χ3v) is 4.02. The molecule has 0 aromatic heterocycles. The molecule has 9 heteroatoms. The van der Waals surface area contributed by atoms with Gasteiger partial charge in [0.15, 0.2) is 0 Å². The van der Waals surface area contributed by atoms with Crippen molar-refractivity contribution in [1.82, 2.24) is 5.32 Å². The number of carbonyl (C=O) groups excluding carboxylic acids is 1. The maximum Gasteiger partial charge on any atom is 0.277 e. The lowest BCUT2D eigenvalue weighted by Crippen LogP contribution is -2.28. The Morgan fingerprint density at radius 1 is 1.07 bits per heavy atom. The number of carbonyl (C=O) groups is 1. The van der Waals surface area contributed by atoms with E-state index in [2.05, 4.69) is 19.2 Å². The van der Waals surface area contributed by atoms with E-state index in [1.807, 2.05) is 25.1 Å². The van der Waals surface area contributed by atoms with E-state index in [0.717, 1.165) is 35.1 Å². The van der Waals surface area contributed by atoms with Crippen molar-refractivity contribution in [3.63, 3.8) is 0 Å². The Bertz CT molecular complexity index is 878. The number of benzene rings is 2. The summed E-state index contributed by atoms with van der Waals surface area (Å²) in [6, 6.07) is 8.72. The minimum atomic E-state index is -0.780. The molecular formula is C19H21N3O6. The molecule has 0 saturated carbocycles. The molecule has 0 fully saturated rings. The lowest BCUT2D eigenvalue weighted by molar-refractivity contribution is -0.394. The van der Waals surface area contributed by atoms with Crippen LogP contribution in [0, 0.1) is 27.2 Å². The van der Waals surface area contributed by atoms with E-state index < -0.39 is 27.1 Å². The number of nitro groups is 2. The molecule has 0 aliphatic carbocycles. The van der Waals surface area contributed by atoms with Crippen molar-refractivity contribution < 1.29 is 19.4 Å². The Morgan fingerprint density at radius 2 is 1.68 bits per heavy atom. The standard InChI is InChI=1S/C19H21N3O6/c1-12(2)17-5-4-13(3)8-18(17)28-7-6-20-19(23)14-9-15(21(24)25)11-16(10-14)22(26)27/h4-5,8-12H,6-7H2,1-3H3,(H,20,23). The lowest BCUT2D eigenvalue weighted by Gasteiger charge is -2.15. The molecule has 2 rings (SSSR count). The van der Waals surface area contributed by atoms with Crippen molar-refractivity contribution >= 4 is 17.3 Å². The van der Waals surface area contributed by atoms with Crippen molar-refractivity contribution in [2.75, 3.05) is 13.2 Å². The largest absolute Gasteiger partial charge is 0.491 e. The number of nitrogens with one attached hydrogen (secondary N) is 1. The Labute approximate surface area is 161 Å². The summed E-state index contributed by atoms with van der Waals surface area (Å²) in [5, 5.41) is 24.4. The second-order valence-electron chi connectivity index (χ2n) is 6.55. The summed E-state index contributed by atoms with van der Waals surface area (Å²) in [6.07, 6.45) is 0. The average molecular weight is 387 g/mol. The molecule has 0 saturated heterocycles. The van der Waals surface area contributed by atoms with E-state index in [1.165, 1.54) is 0 Å². The van der Waals surface area contributed by atoms with Gasteiger partial charge < -0.3 is 10.1 Å². The summed E-state index contributed by atoms with van der Waals surface area (Å²) in [7, 11) is 0. The number of non-ortho nitro benzene ring substituents is 2. The number of hydrogen-bond donors (Lipinski definition) is 1. The average Bonchev–Trinajstić information content (AvgIpc) is 2.64. The first-order chi connectivity index (χ1) is 13.2. The van der Waals surface area contributed by atoms with Gasteiger partial charge in [0.2, 0.25) is 0 Å². The van der Waals surface area contributed by atoms with Crippen LogP contribution in [-0.2, 0) is 0 Å². The van der Waals surface area contributed by atoms with Gasteiger partial charge in [-0.25, -0.2) is 0 Å². The molecule has 148 valence electrons. The van der Waals surface area contributed by atoms with E-state index in [-0.39, 0.29) is 24.6 Å². The normalized spacial score (nSPS) is 10.6. The fraction of sp³-hybridized carbons (Fsp3) is 0.316. The minimum absolute atomic E-state index is 0.140. The Hall–Kier alpha value is -3.49. The van der Waals surface area contributed by atoms with Crippen LogP contribution in [0.25, 0.3) is 0 Å². The summed E-state index contributed by atoms with van der Waals surface area (Å²) in [6.45, 7) is 6.38. The van der Waals surface area contributed by atoms with Gasteiger partial charge >= 0.3 is 0 Å². The zero-order valence-electron chi connectivity index (χ0n) is 15.8. The molecule has 0 bridgehead atoms. The molecular weight excluding hydrogens is 366 g/mol. The molecule has 9 nitrogen and oxygen atoms in total. The van der Waals surface area contributed by atoms with Crippen LogP contribution in [0.3, 0.4) is 0 Å². The van der Waals surface area contributed by atoms with Gasteiger partial charge in [-0.05, 0) is 30.0 Å². The monoisotopic (exact) mass is 387 g/mol. The molecule has 0 aliphatic rings. The lowest BCUT2D eigenvalue weighted by atomic mass is 10.0. The van der Waals surface area contributed by atoms with Gasteiger partial charge in [-0.3, -0.25) is 25.0 Å². The number of hydrogen-bond acceptors (Lipinski definition) is 6. The van der Waals surface area contributed by atoms with E-state index in [0.29, 0.717) is 0 Å². The molecule has 0 heterocycles. The number of nitro benzene ring substituents is 2. The van der Waals surface area contributed by atoms with Crippen molar-refractivity contribution in [3.05, 3.63) is 73.3 Å². The quantitative estimate of drug-likeness (QED) is 0.418. The van der Waals surface area contributed by atoms with Crippen LogP contribution in [0.5, 0.6) is 5.75 Å². The number of rotatable bonds is 8. The number of aryl methyl sites for hydroxylation is 1. The fourth-order valence-corrected chi connectivity index (χ4v) is 2.61. The third kappa shape index (κ3) is 5.26. The Morgan fingerprint density at radius 3 is 2.21 bits per heavy atom.